The fourth-order valence-electron chi connectivity index (χ4n) is 5.46. The van der Waals surface area contributed by atoms with Crippen molar-refractivity contribution in [3.63, 3.8) is 0 Å². The van der Waals surface area contributed by atoms with Crippen LogP contribution in [-0.4, -0.2) is 36.9 Å². The van der Waals surface area contributed by atoms with Crippen LogP contribution in [0.3, 0.4) is 0 Å². The van der Waals surface area contributed by atoms with Crippen LogP contribution >= 0.6 is 11.3 Å². The third kappa shape index (κ3) is 3.20. The monoisotopic (exact) mass is 408 g/mol. The predicted molar refractivity (Wildman–Crippen MR) is 116 cm³/mol. The second-order valence-electron chi connectivity index (χ2n) is 9.19. The van der Waals surface area contributed by atoms with Gasteiger partial charge in [0.05, 0.1) is 5.41 Å². The standard InChI is InChI=1S/C24H28N2O2S/c1-25-22(28)24(14-17-5-7-18(8-6-17)20-4-2-13-29-20)11-12-26(16-24)21(27)19-15-23(19)9-3-10-23/h2,4-8,13,19H,3,9-12,14-16H2,1H3,(H,25,28)/t19-,24+/m1/s1. The molecule has 2 heterocycles. The number of benzene rings is 1. The van der Waals surface area contributed by atoms with Crippen molar-refractivity contribution in [3.8, 4) is 10.4 Å². The number of likely N-dealkylation sites (tertiary alicyclic amines) is 1. The maximum absolute atomic E-state index is 13.0. The van der Waals surface area contributed by atoms with Gasteiger partial charge < -0.3 is 10.2 Å². The lowest BCUT2D eigenvalue weighted by molar-refractivity contribution is -0.134. The first-order valence-corrected chi connectivity index (χ1v) is 11.6. The summed E-state index contributed by atoms with van der Waals surface area (Å²) in [5.74, 6) is 0.578. The topological polar surface area (TPSA) is 49.4 Å². The molecular weight excluding hydrogens is 380 g/mol. The van der Waals surface area contributed by atoms with Crippen LogP contribution < -0.4 is 5.32 Å². The van der Waals surface area contributed by atoms with Gasteiger partial charge in [0.2, 0.25) is 11.8 Å². The maximum Gasteiger partial charge on any atom is 0.228 e. The van der Waals surface area contributed by atoms with Crippen LogP contribution in [0.15, 0.2) is 41.8 Å². The van der Waals surface area contributed by atoms with Crippen molar-refractivity contribution >= 4 is 23.2 Å². The van der Waals surface area contributed by atoms with E-state index in [-0.39, 0.29) is 11.8 Å². The zero-order valence-electron chi connectivity index (χ0n) is 16.9. The van der Waals surface area contributed by atoms with Crippen molar-refractivity contribution in [3.05, 3.63) is 47.3 Å². The number of hydrogen-bond acceptors (Lipinski definition) is 3. The Bertz CT molecular complexity index is 917. The van der Waals surface area contributed by atoms with Gasteiger partial charge in [0.15, 0.2) is 0 Å². The van der Waals surface area contributed by atoms with Gasteiger partial charge in [-0.1, -0.05) is 36.8 Å². The molecule has 0 bridgehead atoms. The molecule has 1 aliphatic heterocycles. The molecule has 0 radical (unpaired) electrons. The summed E-state index contributed by atoms with van der Waals surface area (Å²) in [6.07, 6.45) is 6.19. The lowest BCUT2D eigenvalue weighted by Gasteiger charge is -2.30. The number of thiophene rings is 1. The molecule has 2 aliphatic carbocycles. The minimum absolute atomic E-state index is 0.0595. The Hall–Kier alpha value is -2.14. The molecular formula is C24H28N2O2S. The van der Waals surface area contributed by atoms with Crippen molar-refractivity contribution in [2.45, 2.75) is 38.5 Å². The van der Waals surface area contributed by atoms with Crippen LogP contribution in [0.25, 0.3) is 10.4 Å². The summed E-state index contributed by atoms with van der Waals surface area (Å²) in [4.78, 5) is 29.2. The van der Waals surface area contributed by atoms with Gasteiger partial charge in [-0.15, -0.1) is 11.3 Å². The minimum atomic E-state index is -0.517. The second-order valence-corrected chi connectivity index (χ2v) is 10.1. The van der Waals surface area contributed by atoms with Gasteiger partial charge in [-0.05, 0) is 60.1 Å². The summed E-state index contributed by atoms with van der Waals surface area (Å²) in [6, 6.07) is 12.7. The zero-order valence-corrected chi connectivity index (χ0v) is 17.8. The maximum atomic E-state index is 13.0. The van der Waals surface area contributed by atoms with E-state index in [1.165, 1.54) is 29.7 Å². The molecule has 152 valence electrons. The van der Waals surface area contributed by atoms with Gasteiger partial charge >= 0.3 is 0 Å². The van der Waals surface area contributed by atoms with Gasteiger partial charge in [0.1, 0.15) is 0 Å². The molecule has 2 atom stereocenters. The number of nitrogens with one attached hydrogen (secondary N) is 1. The number of carbonyl (C=O) groups excluding carboxylic acids is 2. The lowest BCUT2D eigenvalue weighted by atomic mass is 9.79. The summed E-state index contributed by atoms with van der Waals surface area (Å²) >= 11 is 1.73. The van der Waals surface area contributed by atoms with Crippen LogP contribution in [0.4, 0.5) is 0 Å². The molecule has 1 aromatic heterocycles. The van der Waals surface area contributed by atoms with E-state index >= 15 is 0 Å². The molecule has 29 heavy (non-hydrogen) atoms. The van der Waals surface area contributed by atoms with Crippen molar-refractivity contribution in [2.75, 3.05) is 20.1 Å². The highest BCUT2D eigenvalue weighted by atomic mass is 32.1. The second kappa shape index (κ2) is 6.98. The molecule has 0 unspecified atom stereocenters. The number of rotatable bonds is 5. The molecule has 3 fully saturated rings. The number of carbonyl (C=O) groups is 2. The smallest absolute Gasteiger partial charge is 0.228 e. The first-order chi connectivity index (χ1) is 14.1. The summed E-state index contributed by atoms with van der Waals surface area (Å²) in [7, 11) is 1.71. The molecule has 2 aromatic rings. The molecule has 1 N–H and O–H groups in total. The van der Waals surface area contributed by atoms with E-state index in [1.807, 2.05) is 4.90 Å². The third-order valence-electron chi connectivity index (χ3n) is 7.51. The molecule has 5 heteroatoms. The van der Waals surface area contributed by atoms with Crippen molar-refractivity contribution in [2.24, 2.45) is 16.7 Å². The highest BCUT2D eigenvalue weighted by Gasteiger charge is 2.62. The Morgan fingerprint density at radius 2 is 1.97 bits per heavy atom. The predicted octanol–water partition coefficient (Wildman–Crippen LogP) is 4.11. The minimum Gasteiger partial charge on any atom is -0.359 e. The number of nitrogens with zero attached hydrogens (tertiary/aromatic N) is 1. The largest absolute Gasteiger partial charge is 0.359 e. The third-order valence-corrected chi connectivity index (χ3v) is 8.43. The van der Waals surface area contributed by atoms with E-state index in [4.69, 9.17) is 0 Å². The molecule has 3 aliphatic rings. The fraction of sp³-hybridized carbons (Fsp3) is 0.500. The van der Waals surface area contributed by atoms with E-state index in [1.54, 1.807) is 18.4 Å². The Labute approximate surface area is 176 Å². The first kappa shape index (κ1) is 18.9. The normalized spacial score (nSPS) is 26.9. The van der Waals surface area contributed by atoms with Crippen LogP contribution in [0.5, 0.6) is 0 Å². The highest BCUT2D eigenvalue weighted by Crippen LogP contribution is 2.66. The van der Waals surface area contributed by atoms with Crippen LogP contribution in [-0.2, 0) is 16.0 Å². The van der Waals surface area contributed by atoms with Gasteiger partial charge in [-0.3, -0.25) is 9.59 Å². The average molecular weight is 409 g/mol. The molecule has 1 saturated heterocycles. The van der Waals surface area contributed by atoms with Crippen LogP contribution in [0.1, 0.15) is 37.7 Å². The summed E-state index contributed by atoms with van der Waals surface area (Å²) < 4.78 is 0. The van der Waals surface area contributed by atoms with E-state index in [9.17, 15) is 9.59 Å². The fourth-order valence-corrected chi connectivity index (χ4v) is 6.19. The van der Waals surface area contributed by atoms with Crippen molar-refractivity contribution in [1.29, 1.82) is 0 Å². The highest BCUT2D eigenvalue weighted by molar-refractivity contribution is 7.13. The summed E-state index contributed by atoms with van der Waals surface area (Å²) in [5, 5.41) is 4.95. The molecule has 4 nitrogen and oxygen atoms in total. The number of hydrogen-bond donors (Lipinski definition) is 1. The number of amides is 2. The van der Waals surface area contributed by atoms with Crippen LogP contribution in [0, 0.1) is 16.7 Å². The van der Waals surface area contributed by atoms with Crippen molar-refractivity contribution in [1.82, 2.24) is 10.2 Å². The SMILES string of the molecule is CNC(=O)[C@]1(Cc2ccc(-c3cccs3)cc2)CCN(C(=O)[C@H]2CC23CCC3)C1. The van der Waals surface area contributed by atoms with Gasteiger partial charge in [0.25, 0.3) is 0 Å². The zero-order chi connectivity index (χ0) is 20.1. The first-order valence-electron chi connectivity index (χ1n) is 10.7. The molecule has 5 rings (SSSR count). The Morgan fingerprint density at radius 1 is 1.17 bits per heavy atom. The van der Waals surface area contributed by atoms with Gasteiger partial charge in [-0.25, -0.2) is 0 Å². The van der Waals surface area contributed by atoms with Gasteiger partial charge in [0, 0.05) is 30.9 Å². The Morgan fingerprint density at radius 3 is 2.55 bits per heavy atom. The Kier molecular flexibility index (Phi) is 4.54. The van der Waals surface area contributed by atoms with E-state index in [2.05, 4.69) is 47.1 Å². The lowest BCUT2D eigenvalue weighted by Crippen LogP contribution is -2.44. The van der Waals surface area contributed by atoms with E-state index in [0.717, 1.165) is 18.4 Å². The average Bonchev–Trinajstić information content (AvgIpc) is 3.04. The quantitative estimate of drug-likeness (QED) is 0.809. The van der Waals surface area contributed by atoms with Gasteiger partial charge in [-0.2, -0.15) is 0 Å². The van der Waals surface area contributed by atoms with E-state index in [0.29, 0.717) is 30.8 Å². The molecule has 2 saturated carbocycles. The molecule has 2 amide bonds. The molecule has 1 aromatic carbocycles. The van der Waals surface area contributed by atoms with E-state index < -0.39 is 5.41 Å². The van der Waals surface area contributed by atoms with Crippen molar-refractivity contribution < 1.29 is 9.59 Å². The summed E-state index contributed by atoms with van der Waals surface area (Å²) in [6.45, 7) is 1.25. The Balaban J connectivity index is 1.31. The summed E-state index contributed by atoms with van der Waals surface area (Å²) in [5.41, 5.74) is 2.19. The molecule has 1 spiro atoms. The van der Waals surface area contributed by atoms with Crippen LogP contribution in [0.2, 0.25) is 0 Å².